The molecule has 1 aliphatic heterocycles. The van der Waals surface area contributed by atoms with Crippen LogP contribution >= 0.6 is 0 Å². The molecular weight excluding hydrogens is 268 g/mol. The first-order valence-corrected chi connectivity index (χ1v) is 8.08. The van der Waals surface area contributed by atoms with E-state index in [-0.39, 0.29) is 18.5 Å². The molecule has 1 aliphatic rings. The zero-order valence-electron chi connectivity index (χ0n) is 13.8. The van der Waals surface area contributed by atoms with Crippen LogP contribution in [0.4, 0.5) is 4.79 Å². The summed E-state index contributed by atoms with van der Waals surface area (Å²) in [6.45, 7) is 10.7. The number of piperidine rings is 1. The predicted octanol–water partition coefficient (Wildman–Crippen LogP) is 3.05. The zero-order chi connectivity index (χ0) is 16.0. The van der Waals surface area contributed by atoms with Gasteiger partial charge in [-0.05, 0) is 44.9 Å². The van der Waals surface area contributed by atoms with Gasteiger partial charge in [-0.2, -0.15) is 0 Å². The van der Waals surface area contributed by atoms with Crippen molar-refractivity contribution in [1.82, 2.24) is 9.80 Å². The van der Waals surface area contributed by atoms with Gasteiger partial charge in [0.15, 0.2) is 0 Å². The molecule has 122 valence electrons. The molecule has 0 radical (unpaired) electrons. The number of urea groups is 1. The van der Waals surface area contributed by atoms with Crippen molar-refractivity contribution in [2.45, 2.75) is 59.4 Å². The number of carbonyl (C=O) groups excluding carboxylic acids is 1. The lowest BCUT2D eigenvalue weighted by Gasteiger charge is -2.38. The third-order valence-corrected chi connectivity index (χ3v) is 4.08. The highest BCUT2D eigenvalue weighted by Crippen LogP contribution is 2.23. The molecule has 0 aliphatic carbocycles. The summed E-state index contributed by atoms with van der Waals surface area (Å²) >= 11 is 0. The van der Waals surface area contributed by atoms with Crippen molar-refractivity contribution in [3.63, 3.8) is 0 Å². The smallest absolute Gasteiger partial charge is 0.320 e. The fourth-order valence-corrected chi connectivity index (χ4v) is 2.83. The number of amides is 2. The molecule has 0 aromatic carbocycles. The van der Waals surface area contributed by atoms with E-state index in [9.17, 15) is 9.59 Å². The summed E-state index contributed by atoms with van der Waals surface area (Å²) in [5.74, 6) is 0.184. The molecule has 0 saturated carbocycles. The second-order valence-corrected chi connectivity index (χ2v) is 6.79. The number of carboxylic acids is 1. The highest BCUT2D eigenvalue weighted by Gasteiger charge is 2.28. The van der Waals surface area contributed by atoms with E-state index in [0.29, 0.717) is 11.8 Å². The van der Waals surface area contributed by atoms with Crippen LogP contribution in [0.3, 0.4) is 0 Å². The van der Waals surface area contributed by atoms with Crippen LogP contribution in [-0.2, 0) is 4.79 Å². The van der Waals surface area contributed by atoms with Gasteiger partial charge in [-0.1, -0.05) is 13.8 Å². The largest absolute Gasteiger partial charge is 0.481 e. The molecule has 1 saturated heterocycles. The minimum atomic E-state index is -0.726. The minimum Gasteiger partial charge on any atom is -0.481 e. The van der Waals surface area contributed by atoms with Gasteiger partial charge in [-0.25, -0.2) is 4.79 Å². The lowest BCUT2D eigenvalue weighted by Crippen LogP contribution is -2.50. The maximum absolute atomic E-state index is 12.6. The maximum Gasteiger partial charge on any atom is 0.320 e. The number of carboxylic acid groups (broad SMARTS) is 1. The highest BCUT2D eigenvalue weighted by atomic mass is 16.4. The molecule has 0 spiro atoms. The Bertz CT molecular complexity index is 347. The summed E-state index contributed by atoms with van der Waals surface area (Å²) in [6.07, 6.45) is 2.82. The van der Waals surface area contributed by atoms with Crippen LogP contribution in [0.2, 0.25) is 0 Å². The number of hydrogen-bond donors (Lipinski definition) is 1. The molecular formula is C16H30N2O3. The van der Waals surface area contributed by atoms with Gasteiger partial charge in [0.25, 0.3) is 0 Å². The summed E-state index contributed by atoms with van der Waals surface area (Å²) in [5.41, 5.74) is 0. The van der Waals surface area contributed by atoms with Crippen LogP contribution in [0.15, 0.2) is 0 Å². The van der Waals surface area contributed by atoms with Crippen LogP contribution in [0.5, 0.6) is 0 Å². The molecule has 1 N–H and O–H groups in total. The van der Waals surface area contributed by atoms with E-state index in [4.69, 9.17) is 5.11 Å². The number of likely N-dealkylation sites (tertiary alicyclic amines) is 1. The summed E-state index contributed by atoms with van der Waals surface area (Å²) in [6, 6.07) is 0.347. The molecule has 0 aromatic rings. The van der Waals surface area contributed by atoms with Crippen LogP contribution in [0.1, 0.15) is 53.4 Å². The van der Waals surface area contributed by atoms with Gasteiger partial charge < -0.3 is 14.9 Å². The fraction of sp³-hybridized carbons (Fsp3) is 0.875. The van der Waals surface area contributed by atoms with Crippen molar-refractivity contribution in [3.8, 4) is 0 Å². The van der Waals surface area contributed by atoms with Crippen molar-refractivity contribution in [3.05, 3.63) is 0 Å². The fourth-order valence-electron chi connectivity index (χ4n) is 2.83. The van der Waals surface area contributed by atoms with Gasteiger partial charge in [0.2, 0.25) is 0 Å². The molecule has 0 atom stereocenters. The van der Waals surface area contributed by atoms with Crippen LogP contribution < -0.4 is 0 Å². The number of aliphatic carboxylic acids is 1. The first kappa shape index (κ1) is 17.8. The van der Waals surface area contributed by atoms with Gasteiger partial charge >= 0.3 is 12.0 Å². The van der Waals surface area contributed by atoms with Crippen molar-refractivity contribution in [2.24, 2.45) is 11.8 Å². The molecule has 1 heterocycles. The van der Waals surface area contributed by atoms with Gasteiger partial charge in [0.1, 0.15) is 0 Å². The number of hydrogen-bond acceptors (Lipinski definition) is 2. The second-order valence-electron chi connectivity index (χ2n) is 6.79. The quantitative estimate of drug-likeness (QED) is 0.820. The van der Waals surface area contributed by atoms with Crippen LogP contribution in [0.25, 0.3) is 0 Å². The Morgan fingerprint density at radius 1 is 1.19 bits per heavy atom. The molecule has 21 heavy (non-hydrogen) atoms. The molecule has 5 heteroatoms. The molecule has 1 fully saturated rings. The lowest BCUT2D eigenvalue weighted by atomic mass is 9.92. The molecule has 2 amide bonds. The monoisotopic (exact) mass is 298 g/mol. The topological polar surface area (TPSA) is 60.9 Å². The Balaban J connectivity index is 2.47. The third kappa shape index (κ3) is 5.94. The molecule has 5 nitrogen and oxygen atoms in total. The number of nitrogens with zero attached hydrogens (tertiary/aromatic N) is 2. The highest BCUT2D eigenvalue weighted by molar-refractivity contribution is 5.75. The van der Waals surface area contributed by atoms with Crippen molar-refractivity contribution < 1.29 is 14.7 Å². The summed E-state index contributed by atoms with van der Waals surface area (Å²) < 4.78 is 0. The summed E-state index contributed by atoms with van der Waals surface area (Å²) in [7, 11) is 0. The first-order valence-electron chi connectivity index (χ1n) is 8.08. The predicted molar refractivity (Wildman–Crippen MR) is 83.2 cm³/mol. The Labute approximate surface area is 128 Å². The van der Waals surface area contributed by atoms with Crippen LogP contribution in [0, 0.1) is 11.8 Å². The van der Waals surface area contributed by atoms with Gasteiger partial charge in [-0.3, -0.25) is 4.79 Å². The van der Waals surface area contributed by atoms with Crippen molar-refractivity contribution >= 4 is 12.0 Å². The molecule has 0 unspecified atom stereocenters. The Morgan fingerprint density at radius 2 is 1.76 bits per heavy atom. The second kappa shape index (κ2) is 8.25. The van der Waals surface area contributed by atoms with E-state index in [1.54, 1.807) is 0 Å². The van der Waals surface area contributed by atoms with E-state index >= 15 is 0 Å². The van der Waals surface area contributed by atoms with Gasteiger partial charge in [0.05, 0.1) is 0 Å². The normalized spacial score (nSPS) is 16.6. The zero-order valence-corrected chi connectivity index (χ0v) is 13.8. The standard InChI is InChI=1S/C16H30N2O3/c1-12(2)11-18(13(3)4)16(21)17-9-7-14(8-10-17)5-6-15(19)20/h12-14H,5-11H2,1-4H3,(H,19,20). The van der Waals surface area contributed by atoms with E-state index < -0.39 is 5.97 Å². The first-order chi connectivity index (χ1) is 9.81. The Morgan fingerprint density at radius 3 is 2.19 bits per heavy atom. The average molecular weight is 298 g/mol. The Kier molecular flexibility index (Phi) is 6.99. The van der Waals surface area contributed by atoms with E-state index in [1.807, 2.05) is 9.80 Å². The SMILES string of the molecule is CC(C)CN(C(=O)N1CCC(CCC(=O)O)CC1)C(C)C. The van der Waals surface area contributed by atoms with E-state index in [1.165, 1.54) is 0 Å². The van der Waals surface area contributed by atoms with Crippen molar-refractivity contribution in [2.75, 3.05) is 19.6 Å². The number of carbonyl (C=O) groups is 2. The number of rotatable bonds is 6. The van der Waals surface area contributed by atoms with Gasteiger partial charge in [-0.15, -0.1) is 0 Å². The average Bonchev–Trinajstić information content (AvgIpc) is 2.42. The summed E-state index contributed by atoms with van der Waals surface area (Å²) in [5, 5.41) is 8.73. The summed E-state index contributed by atoms with van der Waals surface area (Å²) in [4.78, 5) is 27.1. The van der Waals surface area contributed by atoms with Crippen molar-refractivity contribution in [1.29, 1.82) is 0 Å². The minimum absolute atomic E-state index is 0.135. The lowest BCUT2D eigenvalue weighted by molar-refractivity contribution is -0.137. The molecule has 0 aromatic heterocycles. The van der Waals surface area contributed by atoms with Gasteiger partial charge in [0, 0.05) is 32.1 Å². The van der Waals surface area contributed by atoms with E-state index in [0.717, 1.165) is 38.9 Å². The Hall–Kier alpha value is -1.26. The maximum atomic E-state index is 12.6. The van der Waals surface area contributed by atoms with Crippen LogP contribution in [-0.4, -0.2) is 52.6 Å². The van der Waals surface area contributed by atoms with E-state index in [2.05, 4.69) is 27.7 Å². The third-order valence-electron chi connectivity index (χ3n) is 4.08. The molecule has 1 rings (SSSR count). The molecule has 0 bridgehead atoms.